The van der Waals surface area contributed by atoms with Gasteiger partial charge in [0, 0.05) is 24.3 Å². The Morgan fingerprint density at radius 3 is 2.41 bits per heavy atom. The lowest BCUT2D eigenvalue weighted by Crippen LogP contribution is -2.26. The zero-order valence-electron chi connectivity index (χ0n) is 11.0. The molecule has 94 valence electrons. The van der Waals surface area contributed by atoms with Crippen LogP contribution in [0, 0.1) is 0 Å². The maximum Gasteiger partial charge on any atom is 0.0368 e. The van der Waals surface area contributed by atoms with Crippen LogP contribution < -0.4 is 10.6 Å². The topological polar surface area (TPSA) is 29.3 Å². The number of anilines is 1. The highest BCUT2D eigenvalue weighted by atomic mass is 15.2. The van der Waals surface area contributed by atoms with E-state index in [9.17, 15) is 0 Å². The van der Waals surface area contributed by atoms with Gasteiger partial charge in [-0.05, 0) is 43.9 Å². The fourth-order valence-corrected chi connectivity index (χ4v) is 2.21. The number of nitrogens with two attached hydrogens (primary N) is 1. The van der Waals surface area contributed by atoms with Crippen LogP contribution in [0.3, 0.4) is 0 Å². The molecule has 1 aromatic rings. The Morgan fingerprint density at radius 1 is 1.29 bits per heavy atom. The lowest BCUT2D eigenvalue weighted by Gasteiger charge is -2.25. The van der Waals surface area contributed by atoms with Gasteiger partial charge in [0.15, 0.2) is 0 Å². The van der Waals surface area contributed by atoms with Crippen molar-refractivity contribution in [3.63, 3.8) is 0 Å². The maximum absolute atomic E-state index is 5.88. The van der Waals surface area contributed by atoms with E-state index in [2.05, 4.69) is 36.1 Å². The first-order valence-electron chi connectivity index (χ1n) is 6.84. The van der Waals surface area contributed by atoms with Gasteiger partial charge in [-0.25, -0.2) is 0 Å². The summed E-state index contributed by atoms with van der Waals surface area (Å²) < 4.78 is 0. The molecule has 0 saturated heterocycles. The van der Waals surface area contributed by atoms with Crippen LogP contribution in [0.25, 0.3) is 0 Å². The molecule has 2 heteroatoms. The Kier molecular flexibility index (Phi) is 4.06. The van der Waals surface area contributed by atoms with Crippen molar-refractivity contribution in [3.05, 3.63) is 29.8 Å². The van der Waals surface area contributed by atoms with Gasteiger partial charge in [0.2, 0.25) is 0 Å². The fraction of sp³-hybridized carbons (Fsp3) is 0.600. The molecule has 0 amide bonds. The Balaban J connectivity index is 2.07. The van der Waals surface area contributed by atoms with E-state index >= 15 is 0 Å². The summed E-state index contributed by atoms with van der Waals surface area (Å²) in [5, 5.41) is 0. The lowest BCUT2D eigenvalue weighted by molar-refractivity contribution is 0.712. The van der Waals surface area contributed by atoms with E-state index in [0.717, 1.165) is 6.04 Å². The quantitative estimate of drug-likeness (QED) is 0.813. The minimum Gasteiger partial charge on any atom is -0.369 e. The summed E-state index contributed by atoms with van der Waals surface area (Å²) in [6, 6.07) is 9.72. The summed E-state index contributed by atoms with van der Waals surface area (Å²) in [4.78, 5) is 2.56. The third kappa shape index (κ3) is 3.22. The van der Waals surface area contributed by atoms with Gasteiger partial charge in [-0.1, -0.05) is 25.5 Å². The number of benzene rings is 1. The molecule has 2 rings (SSSR count). The van der Waals surface area contributed by atoms with Crippen LogP contribution >= 0.6 is 0 Å². The number of unbranched alkanes of at least 4 members (excludes halogenated alkanes) is 1. The maximum atomic E-state index is 5.88. The van der Waals surface area contributed by atoms with Gasteiger partial charge in [-0.2, -0.15) is 0 Å². The third-order valence-electron chi connectivity index (χ3n) is 3.49. The van der Waals surface area contributed by atoms with Crippen LogP contribution in [-0.2, 0) is 0 Å². The van der Waals surface area contributed by atoms with Crippen LogP contribution in [-0.4, -0.2) is 12.6 Å². The molecule has 0 bridgehead atoms. The van der Waals surface area contributed by atoms with E-state index in [1.807, 2.05) is 6.92 Å². The molecule has 1 saturated carbocycles. The van der Waals surface area contributed by atoms with E-state index < -0.39 is 0 Å². The molecule has 1 aliphatic carbocycles. The number of rotatable bonds is 6. The van der Waals surface area contributed by atoms with Crippen molar-refractivity contribution in [3.8, 4) is 0 Å². The summed E-state index contributed by atoms with van der Waals surface area (Å²) in [5.41, 5.74) is 8.47. The van der Waals surface area contributed by atoms with Gasteiger partial charge in [-0.15, -0.1) is 0 Å². The lowest BCUT2D eigenvalue weighted by atomic mass is 10.1. The highest BCUT2D eigenvalue weighted by Crippen LogP contribution is 2.32. The molecule has 1 atom stereocenters. The van der Waals surface area contributed by atoms with E-state index in [4.69, 9.17) is 5.73 Å². The average molecular weight is 232 g/mol. The van der Waals surface area contributed by atoms with Gasteiger partial charge in [0.25, 0.3) is 0 Å². The van der Waals surface area contributed by atoms with Crippen LogP contribution in [0.5, 0.6) is 0 Å². The first-order chi connectivity index (χ1) is 8.22. The monoisotopic (exact) mass is 232 g/mol. The van der Waals surface area contributed by atoms with Gasteiger partial charge in [0.1, 0.15) is 0 Å². The van der Waals surface area contributed by atoms with Gasteiger partial charge in [0.05, 0.1) is 0 Å². The molecule has 0 aromatic heterocycles. The summed E-state index contributed by atoms with van der Waals surface area (Å²) in [6.07, 6.45) is 5.27. The molecule has 0 radical (unpaired) electrons. The van der Waals surface area contributed by atoms with Crippen molar-refractivity contribution in [1.82, 2.24) is 0 Å². The average Bonchev–Trinajstić information content (AvgIpc) is 3.14. The molecule has 1 aromatic carbocycles. The van der Waals surface area contributed by atoms with E-state index in [-0.39, 0.29) is 6.04 Å². The second-order valence-corrected chi connectivity index (χ2v) is 5.16. The Bertz CT molecular complexity index is 338. The highest BCUT2D eigenvalue weighted by Gasteiger charge is 2.28. The summed E-state index contributed by atoms with van der Waals surface area (Å²) in [7, 11) is 0. The predicted octanol–water partition coefficient (Wildman–Crippen LogP) is 3.48. The van der Waals surface area contributed by atoms with Crippen LogP contribution in [0.1, 0.15) is 51.1 Å². The third-order valence-corrected chi connectivity index (χ3v) is 3.49. The largest absolute Gasteiger partial charge is 0.369 e. The van der Waals surface area contributed by atoms with Crippen LogP contribution in [0.2, 0.25) is 0 Å². The Labute approximate surface area is 105 Å². The first kappa shape index (κ1) is 12.4. The minimum atomic E-state index is 0.133. The summed E-state index contributed by atoms with van der Waals surface area (Å²) in [6.45, 7) is 5.48. The van der Waals surface area contributed by atoms with Crippen molar-refractivity contribution < 1.29 is 0 Å². The number of nitrogens with zero attached hydrogens (tertiary/aromatic N) is 1. The van der Waals surface area contributed by atoms with Gasteiger partial charge < -0.3 is 10.6 Å². The predicted molar refractivity (Wildman–Crippen MR) is 74.3 cm³/mol. The van der Waals surface area contributed by atoms with Crippen LogP contribution in [0.4, 0.5) is 5.69 Å². The van der Waals surface area contributed by atoms with E-state index in [1.165, 1.54) is 43.5 Å². The second-order valence-electron chi connectivity index (χ2n) is 5.16. The number of hydrogen-bond donors (Lipinski definition) is 1. The van der Waals surface area contributed by atoms with Crippen molar-refractivity contribution in [2.45, 2.75) is 51.6 Å². The molecule has 0 spiro atoms. The molecule has 0 aliphatic heterocycles. The second kappa shape index (κ2) is 5.54. The summed E-state index contributed by atoms with van der Waals surface area (Å²) in [5.74, 6) is 0. The fourth-order valence-electron chi connectivity index (χ4n) is 2.21. The SMILES string of the molecule is CCCCN(c1ccc(C(C)N)cc1)C1CC1. The van der Waals surface area contributed by atoms with Crippen molar-refractivity contribution in [2.75, 3.05) is 11.4 Å². The molecule has 1 unspecified atom stereocenters. The van der Waals surface area contributed by atoms with Crippen molar-refractivity contribution in [1.29, 1.82) is 0 Å². The zero-order chi connectivity index (χ0) is 12.3. The van der Waals surface area contributed by atoms with Gasteiger partial charge in [-0.3, -0.25) is 0 Å². The van der Waals surface area contributed by atoms with Crippen molar-refractivity contribution >= 4 is 5.69 Å². The highest BCUT2D eigenvalue weighted by molar-refractivity contribution is 5.50. The standard InChI is InChI=1S/C15H24N2/c1-3-4-11-17(15-9-10-15)14-7-5-13(6-8-14)12(2)16/h5-8,12,15H,3-4,9-11,16H2,1-2H3. The molecule has 2 nitrogen and oxygen atoms in total. The van der Waals surface area contributed by atoms with E-state index in [1.54, 1.807) is 0 Å². The molecule has 0 heterocycles. The molecule has 1 fully saturated rings. The van der Waals surface area contributed by atoms with E-state index in [0.29, 0.717) is 0 Å². The molecular formula is C15H24N2. The normalized spacial score (nSPS) is 16.9. The van der Waals surface area contributed by atoms with Gasteiger partial charge >= 0.3 is 0 Å². The zero-order valence-corrected chi connectivity index (χ0v) is 11.0. The summed E-state index contributed by atoms with van der Waals surface area (Å²) >= 11 is 0. The Hall–Kier alpha value is -1.02. The van der Waals surface area contributed by atoms with Crippen molar-refractivity contribution in [2.24, 2.45) is 5.73 Å². The Morgan fingerprint density at radius 2 is 1.94 bits per heavy atom. The molecule has 1 aliphatic rings. The number of hydrogen-bond acceptors (Lipinski definition) is 2. The minimum absolute atomic E-state index is 0.133. The first-order valence-corrected chi connectivity index (χ1v) is 6.84. The van der Waals surface area contributed by atoms with Crippen LogP contribution in [0.15, 0.2) is 24.3 Å². The molecule has 17 heavy (non-hydrogen) atoms. The molecule has 2 N–H and O–H groups in total. The molecular weight excluding hydrogens is 208 g/mol. The smallest absolute Gasteiger partial charge is 0.0368 e.